The minimum Gasteiger partial charge on any atom is -0.508 e. The number of hydrogen-bond donors (Lipinski definition) is 14. The standard InChI is InChI=1S/C59H83N17O10/c1-5-6-18-41(34-77)75-59(86)74-50(51(60)80)45(68-35(2)3)33-49(79)69-46(30-36-14-8-7-9-15-36)54(83)72-47(31-37-22-25-42(78)26-23-37)55(84)71-43(20-13-28-67-58(63)65-4)52(81)70-44(19-12-27-66-57(61)62)53(82)73-48(56(85)76(75)64)32-38-21-24-39-16-10-11-17-40(39)29-38/h7-11,14-17,21-26,29,34-35,41,43-48,50,68,78H,5-6,12-13,18-20,27-28,30-33,64H2,1-4H3,(H2,60,80)(H,69,79)(H,70,81)(H,71,84)(H,72,83)(H,73,82)(H,74,86)(H4,61,62,66)(H3,63,65,67)/t41?,43?,44?,45?,46?,47?,48?,50-/m0/s1. The van der Waals surface area contributed by atoms with Crippen molar-refractivity contribution in [3.05, 3.63) is 114 Å². The number of benzene rings is 4. The number of phenols is 1. The van der Waals surface area contributed by atoms with E-state index < -0.39 is 108 Å². The number of aliphatic imine (C=N–C) groups is 2. The first-order valence-corrected chi connectivity index (χ1v) is 28.6. The number of carbonyl (C=O) groups excluding carboxylic acids is 9. The minimum atomic E-state index is -1.76. The van der Waals surface area contributed by atoms with E-state index >= 15 is 9.59 Å². The predicted octanol–water partition coefficient (Wildman–Crippen LogP) is -0.624. The number of fused-ring (bicyclic) bond motifs is 1. The first-order chi connectivity index (χ1) is 41.1. The third kappa shape index (κ3) is 21.1. The Hall–Kier alpha value is -9.37. The second-order valence-corrected chi connectivity index (χ2v) is 21.3. The zero-order chi connectivity index (χ0) is 62.9. The summed E-state index contributed by atoms with van der Waals surface area (Å²) in [4.78, 5) is 139. The van der Waals surface area contributed by atoms with Gasteiger partial charge in [0.05, 0.1) is 0 Å². The largest absolute Gasteiger partial charge is 0.508 e. The molecule has 86 heavy (non-hydrogen) atoms. The summed E-state index contributed by atoms with van der Waals surface area (Å²) in [7, 11) is 1.47. The maximum absolute atomic E-state index is 15.3. The average molecular weight is 1190 g/mol. The fourth-order valence-electron chi connectivity index (χ4n) is 9.73. The van der Waals surface area contributed by atoms with Crippen LogP contribution in [0.15, 0.2) is 107 Å². The Labute approximate surface area is 499 Å². The highest BCUT2D eigenvalue weighted by Gasteiger charge is 2.40. The zero-order valence-corrected chi connectivity index (χ0v) is 49.0. The van der Waals surface area contributed by atoms with Crippen LogP contribution in [0.2, 0.25) is 0 Å². The number of guanidine groups is 2. The summed E-state index contributed by atoms with van der Waals surface area (Å²) in [6.45, 7) is 5.39. The topological polar surface area (TPSA) is 431 Å². The number of nitrogens with one attached hydrogen (secondary N) is 8. The SMILES string of the molecule is CCCCC(C=O)N1C(=O)N[C@H](C(N)=O)C(NC(C)C)CC(=O)NC(Cc2ccccc2)C(=O)NC(Cc2ccc(O)cc2)C(=O)NC(CCCNC(N)=NC)C(=O)NC(CCCN=C(N)N)C(=O)NC(Cc2ccc3ccccc3c2)C(=O)N1N. The third-order valence-electron chi connectivity index (χ3n) is 14.2. The molecule has 9 amide bonds. The van der Waals surface area contributed by atoms with Crippen LogP contribution < -0.4 is 71.3 Å². The smallest absolute Gasteiger partial charge is 0.338 e. The van der Waals surface area contributed by atoms with Crippen molar-refractivity contribution in [1.82, 2.24) is 52.7 Å². The van der Waals surface area contributed by atoms with Crippen molar-refractivity contribution in [2.45, 2.75) is 146 Å². The van der Waals surface area contributed by atoms with Gasteiger partial charge in [-0.2, -0.15) is 5.12 Å². The van der Waals surface area contributed by atoms with Gasteiger partial charge in [-0.15, -0.1) is 0 Å². The molecular weight excluding hydrogens is 1110 g/mol. The third-order valence-corrected chi connectivity index (χ3v) is 14.2. The molecule has 0 bridgehead atoms. The Bertz CT molecular complexity index is 3020. The lowest BCUT2D eigenvalue weighted by Crippen LogP contribution is -2.68. The first-order valence-electron chi connectivity index (χ1n) is 28.6. The summed E-state index contributed by atoms with van der Waals surface area (Å²) >= 11 is 0. The van der Waals surface area contributed by atoms with Crippen molar-refractivity contribution < 1.29 is 48.3 Å². The summed E-state index contributed by atoms with van der Waals surface area (Å²) in [5.41, 5.74) is 24.8. The number of hydrogen-bond acceptors (Lipinski definition) is 14. The fourth-order valence-corrected chi connectivity index (χ4v) is 9.73. The summed E-state index contributed by atoms with van der Waals surface area (Å²) in [6.07, 6.45) is 0.0336. The van der Waals surface area contributed by atoms with Gasteiger partial charge in [0.2, 0.25) is 35.4 Å². The number of nitrogens with zero attached hydrogens (tertiary/aromatic N) is 4. The molecule has 19 N–H and O–H groups in total. The van der Waals surface area contributed by atoms with Crippen molar-refractivity contribution in [3.63, 3.8) is 0 Å². The highest BCUT2D eigenvalue weighted by molar-refractivity contribution is 5.98. The number of hydrazine groups is 2. The molecule has 7 unspecified atom stereocenters. The number of nitrogens with two attached hydrogens (primary N) is 5. The molecule has 27 nitrogen and oxygen atoms in total. The number of unbranched alkanes of at least 4 members (excludes halogenated alkanes) is 1. The van der Waals surface area contributed by atoms with Crippen molar-refractivity contribution in [1.29, 1.82) is 0 Å². The molecule has 0 spiro atoms. The molecule has 1 heterocycles. The highest BCUT2D eigenvalue weighted by Crippen LogP contribution is 2.20. The van der Waals surface area contributed by atoms with E-state index in [2.05, 4.69) is 52.5 Å². The highest BCUT2D eigenvalue weighted by atomic mass is 16.3. The molecule has 0 aliphatic carbocycles. The van der Waals surface area contributed by atoms with E-state index in [-0.39, 0.29) is 82.1 Å². The van der Waals surface area contributed by atoms with Gasteiger partial charge in [0.25, 0.3) is 5.91 Å². The number of urea groups is 1. The van der Waals surface area contributed by atoms with Crippen LogP contribution in [-0.4, -0.2) is 155 Å². The van der Waals surface area contributed by atoms with Crippen molar-refractivity contribution in [2.75, 3.05) is 20.1 Å². The molecule has 1 saturated heterocycles. The molecular formula is C59H83N17O10. The molecule has 1 aliphatic rings. The molecule has 0 saturated carbocycles. The lowest BCUT2D eigenvalue weighted by atomic mass is 10.00. The van der Waals surface area contributed by atoms with Gasteiger partial charge in [-0.05, 0) is 71.7 Å². The van der Waals surface area contributed by atoms with Gasteiger partial charge in [-0.1, -0.05) is 119 Å². The fraction of sp³-hybridized carbons (Fsp3) is 0.441. The van der Waals surface area contributed by atoms with E-state index in [1.165, 1.54) is 31.3 Å². The van der Waals surface area contributed by atoms with Crippen LogP contribution in [0.1, 0.15) is 88.8 Å². The Morgan fingerprint density at radius 1 is 0.686 bits per heavy atom. The number of aldehydes is 1. The summed E-state index contributed by atoms with van der Waals surface area (Å²) in [6, 6.07) is 13.4. The molecule has 0 radical (unpaired) electrons. The predicted molar refractivity (Wildman–Crippen MR) is 324 cm³/mol. The molecule has 1 aliphatic heterocycles. The quantitative estimate of drug-likeness (QED) is 0.0116. The number of rotatable bonds is 22. The number of phenolic OH excluding ortho intramolecular Hbond substituents is 1. The van der Waals surface area contributed by atoms with Gasteiger partial charge in [-0.25, -0.2) is 15.6 Å². The monoisotopic (exact) mass is 1190 g/mol. The van der Waals surface area contributed by atoms with Crippen LogP contribution in [-0.2, 0) is 57.6 Å². The second-order valence-electron chi connectivity index (χ2n) is 21.3. The number of amides is 9. The van der Waals surface area contributed by atoms with Gasteiger partial charge >= 0.3 is 6.03 Å². The van der Waals surface area contributed by atoms with Gasteiger partial charge in [0, 0.05) is 57.9 Å². The molecule has 27 heteroatoms. The molecule has 8 atom stereocenters. The van der Waals surface area contributed by atoms with Gasteiger partial charge in [0.1, 0.15) is 54.3 Å². The molecule has 4 aromatic carbocycles. The number of primary amides is 1. The molecule has 5 rings (SSSR count). The summed E-state index contributed by atoms with van der Waals surface area (Å²) < 4.78 is 0. The van der Waals surface area contributed by atoms with Crippen molar-refractivity contribution in [3.8, 4) is 5.75 Å². The minimum absolute atomic E-state index is 0.0106. The van der Waals surface area contributed by atoms with Gasteiger partial charge < -0.3 is 75.4 Å². The first kappa shape index (κ1) is 67.4. The van der Waals surface area contributed by atoms with Crippen LogP contribution in [0.3, 0.4) is 0 Å². The Morgan fingerprint density at radius 3 is 1.83 bits per heavy atom. The molecule has 0 aromatic heterocycles. The van der Waals surface area contributed by atoms with Crippen LogP contribution in [0, 0.1) is 0 Å². The average Bonchev–Trinajstić information content (AvgIpc) is 2.41. The van der Waals surface area contributed by atoms with Crippen molar-refractivity contribution in [2.24, 2.45) is 38.8 Å². The van der Waals surface area contributed by atoms with E-state index in [0.29, 0.717) is 45.9 Å². The Kier molecular flexibility index (Phi) is 26.5. The maximum Gasteiger partial charge on any atom is 0.338 e. The van der Waals surface area contributed by atoms with E-state index in [1.807, 2.05) is 31.2 Å². The van der Waals surface area contributed by atoms with Crippen LogP contribution >= 0.6 is 0 Å². The molecule has 1 fully saturated rings. The normalized spacial score (nSPS) is 21.3. The van der Waals surface area contributed by atoms with Gasteiger partial charge in [-0.3, -0.25) is 43.5 Å². The Balaban J connectivity index is 1.73. The summed E-state index contributed by atoms with van der Waals surface area (Å²) in [5.74, 6) is -0.135. The van der Waals surface area contributed by atoms with Crippen LogP contribution in [0.4, 0.5) is 4.79 Å². The molecule has 4 aromatic rings. The van der Waals surface area contributed by atoms with Crippen LogP contribution in [0.5, 0.6) is 5.75 Å². The van der Waals surface area contributed by atoms with E-state index in [1.54, 1.807) is 62.4 Å². The van der Waals surface area contributed by atoms with Crippen molar-refractivity contribution >= 4 is 76.4 Å². The van der Waals surface area contributed by atoms with E-state index in [9.17, 15) is 38.7 Å². The molecule has 464 valence electrons. The van der Waals surface area contributed by atoms with E-state index in [4.69, 9.17) is 28.8 Å². The number of carbonyl (C=O) groups is 9. The Morgan fingerprint density at radius 2 is 1.23 bits per heavy atom. The summed E-state index contributed by atoms with van der Waals surface area (Å²) in [5, 5.41) is 35.1. The van der Waals surface area contributed by atoms with Crippen LogP contribution in [0.25, 0.3) is 10.8 Å². The second kappa shape index (κ2) is 33.8. The van der Waals surface area contributed by atoms with E-state index in [0.717, 1.165) is 10.8 Å². The lowest BCUT2D eigenvalue weighted by Gasteiger charge is -2.38. The zero-order valence-electron chi connectivity index (χ0n) is 49.0. The maximum atomic E-state index is 15.3. The van der Waals surface area contributed by atoms with Gasteiger partial charge in [0.15, 0.2) is 11.9 Å². The number of aromatic hydroxyl groups is 1. The lowest BCUT2D eigenvalue weighted by molar-refractivity contribution is -0.153.